The molecule has 10 heteroatoms. The number of nitrogens with one attached hydrogen (secondary N) is 3. The summed E-state index contributed by atoms with van der Waals surface area (Å²) in [5.41, 5.74) is -0.237. The van der Waals surface area contributed by atoms with Crippen molar-refractivity contribution in [3.05, 3.63) is 36.0 Å². The maximum Gasteiger partial charge on any atom is 0.421 e. The molecule has 7 nitrogen and oxygen atoms in total. The molecule has 0 unspecified atom stereocenters. The SMILES string of the molecule is CC1(COc2cccc(Nc3ncc(C(F)(F)F)c(NC4CCNCC4)n3)c2)COC1. The molecule has 0 bridgehead atoms. The Morgan fingerprint density at radius 2 is 2.03 bits per heavy atom. The number of hydrogen-bond donors (Lipinski definition) is 3. The van der Waals surface area contributed by atoms with Crippen molar-refractivity contribution in [3.63, 3.8) is 0 Å². The fraction of sp³-hybridized carbons (Fsp3) is 0.524. The molecule has 0 spiro atoms. The molecule has 2 aromatic rings. The zero-order chi connectivity index (χ0) is 21.9. The third-order valence-electron chi connectivity index (χ3n) is 5.35. The van der Waals surface area contributed by atoms with E-state index in [0.717, 1.165) is 32.1 Å². The van der Waals surface area contributed by atoms with E-state index in [0.29, 0.717) is 31.3 Å². The third kappa shape index (κ3) is 5.56. The molecule has 3 heterocycles. The Balaban J connectivity index is 1.48. The average Bonchev–Trinajstić information content (AvgIpc) is 2.71. The Labute approximate surface area is 178 Å². The lowest BCUT2D eigenvalue weighted by Crippen LogP contribution is -2.44. The number of nitrogens with zero attached hydrogens (tertiary/aromatic N) is 2. The van der Waals surface area contributed by atoms with Gasteiger partial charge in [0.2, 0.25) is 5.95 Å². The molecule has 0 amide bonds. The van der Waals surface area contributed by atoms with Crippen molar-refractivity contribution in [1.82, 2.24) is 15.3 Å². The summed E-state index contributed by atoms with van der Waals surface area (Å²) in [5.74, 6) is 0.529. The van der Waals surface area contributed by atoms with Crippen molar-refractivity contribution in [2.75, 3.05) is 43.5 Å². The van der Waals surface area contributed by atoms with Crippen LogP contribution in [0.15, 0.2) is 30.5 Å². The van der Waals surface area contributed by atoms with E-state index >= 15 is 0 Å². The summed E-state index contributed by atoms with van der Waals surface area (Å²) in [6.07, 6.45) is -2.26. The van der Waals surface area contributed by atoms with Gasteiger partial charge in [0.15, 0.2) is 0 Å². The second-order valence-corrected chi connectivity index (χ2v) is 8.37. The molecule has 1 aromatic carbocycles. The molecule has 2 aliphatic rings. The van der Waals surface area contributed by atoms with Crippen LogP contribution < -0.4 is 20.7 Å². The van der Waals surface area contributed by atoms with E-state index in [-0.39, 0.29) is 23.2 Å². The number of rotatable bonds is 7. The van der Waals surface area contributed by atoms with Crippen molar-refractivity contribution in [2.45, 2.75) is 32.0 Å². The Hall–Kier alpha value is -2.59. The molecule has 3 N–H and O–H groups in total. The average molecular weight is 437 g/mol. The van der Waals surface area contributed by atoms with Crippen molar-refractivity contribution >= 4 is 17.5 Å². The number of benzene rings is 1. The van der Waals surface area contributed by atoms with E-state index in [4.69, 9.17) is 9.47 Å². The Morgan fingerprint density at radius 1 is 1.26 bits per heavy atom. The normalized spacial score (nSPS) is 18.8. The van der Waals surface area contributed by atoms with Gasteiger partial charge in [0.25, 0.3) is 0 Å². The first-order chi connectivity index (χ1) is 14.8. The lowest BCUT2D eigenvalue weighted by atomic mass is 9.90. The number of hydrogen-bond acceptors (Lipinski definition) is 7. The fourth-order valence-corrected chi connectivity index (χ4v) is 3.50. The van der Waals surface area contributed by atoms with Crippen molar-refractivity contribution in [1.29, 1.82) is 0 Å². The zero-order valence-corrected chi connectivity index (χ0v) is 17.3. The Morgan fingerprint density at radius 3 is 2.71 bits per heavy atom. The molecule has 2 saturated heterocycles. The van der Waals surface area contributed by atoms with E-state index in [9.17, 15) is 13.2 Å². The molecule has 0 aliphatic carbocycles. The number of anilines is 3. The van der Waals surface area contributed by atoms with Crippen LogP contribution >= 0.6 is 0 Å². The van der Waals surface area contributed by atoms with Crippen molar-refractivity contribution in [2.24, 2.45) is 5.41 Å². The van der Waals surface area contributed by atoms with Crippen LogP contribution in [-0.4, -0.2) is 48.9 Å². The standard InChI is InChI=1S/C21H26F3N5O2/c1-20(11-30-12-20)13-31-16-4-2-3-15(9-16)28-19-26-10-17(21(22,23)24)18(29-19)27-14-5-7-25-8-6-14/h2-4,9-10,14,25H,5-8,11-13H2,1H3,(H2,26,27,28,29). The van der Waals surface area contributed by atoms with Crippen LogP contribution in [0.25, 0.3) is 0 Å². The highest BCUT2D eigenvalue weighted by molar-refractivity contribution is 5.58. The Kier molecular flexibility index (Phi) is 6.19. The van der Waals surface area contributed by atoms with Crippen LogP contribution in [0.4, 0.5) is 30.6 Å². The van der Waals surface area contributed by atoms with Crippen LogP contribution in [0.5, 0.6) is 5.75 Å². The van der Waals surface area contributed by atoms with Gasteiger partial charge in [-0.05, 0) is 38.1 Å². The van der Waals surface area contributed by atoms with Crippen LogP contribution in [-0.2, 0) is 10.9 Å². The maximum atomic E-state index is 13.5. The lowest BCUT2D eigenvalue weighted by molar-refractivity contribution is -0.137. The quantitative estimate of drug-likeness (QED) is 0.608. The first-order valence-electron chi connectivity index (χ1n) is 10.3. The topological polar surface area (TPSA) is 80.3 Å². The molecule has 0 radical (unpaired) electrons. The summed E-state index contributed by atoms with van der Waals surface area (Å²) in [6, 6.07) is 7.10. The fourth-order valence-electron chi connectivity index (χ4n) is 3.50. The van der Waals surface area contributed by atoms with E-state index in [2.05, 4.69) is 32.8 Å². The van der Waals surface area contributed by atoms with Gasteiger partial charge in [-0.3, -0.25) is 0 Å². The highest BCUT2D eigenvalue weighted by Crippen LogP contribution is 2.35. The van der Waals surface area contributed by atoms with E-state index in [1.165, 1.54) is 0 Å². The summed E-state index contributed by atoms with van der Waals surface area (Å²) in [4.78, 5) is 8.01. The second-order valence-electron chi connectivity index (χ2n) is 8.37. The third-order valence-corrected chi connectivity index (χ3v) is 5.35. The Bertz CT molecular complexity index is 899. The monoisotopic (exact) mass is 437 g/mol. The van der Waals surface area contributed by atoms with Gasteiger partial charge in [0, 0.05) is 29.4 Å². The van der Waals surface area contributed by atoms with Gasteiger partial charge in [-0.15, -0.1) is 0 Å². The van der Waals surface area contributed by atoms with Crippen LogP contribution in [0.3, 0.4) is 0 Å². The highest BCUT2D eigenvalue weighted by atomic mass is 19.4. The summed E-state index contributed by atoms with van der Waals surface area (Å²) >= 11 is 0. The molecular weight excluding hydrogens is 411 g/mol. The molecule has 1 aromatic heterocycles. The predicted molar refractivity (Wildman–Crippen MR) is 111 cm³/mol. The van der Waals surface area contributed by atoms with Crippen LogP contribution in [0.1, 0.15) is 25.3 Å². The summed E-state index contributed by atoms with van der Waals surface area (Å²) < 4.78 is 51.4. The molecule has 0 atom stereocenters. The smallest absolute Gasteiger partial charge is 0.421 e. The number of halogens is 3. The number of aromatic nitrogens is 2. The molecule has 168 valence electrons. The molecule has 2 aliphatic heterocycles. The van der Waals surface area contributed by atoms with Gasteiger partial charge >= 0.3 is 6.18 Å². The minimum absolute atomic E-state index is 0.00911. The van der Waals surface area contributed by atoms with Gasteiger partial charge in [-0.2, -0.15) is 18.2 Å². The summed E-state index contributed by atoms with van der Waals surface area (Å²) in [6.45, 7) is 5.46. The first-order valence-corrected chi connectivity index (χ1v) is 10.3. The van der Waals surface area contributed by atoms with Crippen molar-refractivity contribution in [3.8, 4) is 5.75 Å². The molecule has 2 fully saturated rings. The van der Waals surface area contributed by atoms with Crippen LogP contribution in [0, 0.1) is 5.41 Å². The number of alkyl halides is 3. The first kappa shape index (κ1) is 21.6. The molecule has 0 saturated carbocycles. The molecule has 4 rings (SSSR count). The molecule has 31 heavy (non-hydrogen) atoms. The summed E-state index contributed by atoms with van der Waals surface area (Å²) in [7, 11) is 0. The number of piperidine rings is 1. The minimum atomic E-state index is -4.54. The van der Waals surface area contributed by atoms with Crippen LogP contribution in [0.2, 0.25) is 0 Å². The summed E-state index contributed by atoms with van der Waals surface area (Å²) in [5, 5.41) is 9.13. The highest BCUT2D eigenvalue weighted by Gasteiger charge is 2.36. The van der Waals surface area contributed by atoms with E-state index in [1.54, 1.807) is 18.2 Å². The zero-order valence-electron chi connectivity index (χ0n) is 17.3. The van der Waals surface area contributed by atoms with Gasteiger partial charge in [0.1, 0.15) is 17.1 Å². The predicted octanol–water partition coefficient (Wildman–Crippen LogP) is 3.82. The number of ether oxygens (including phenoxy) is 2. The molecular formula is C21H26F3N5O2. The van der Waals surface area contributed by atoms with Gasteiger partial charge in [0.05, 0.1) is 19.8 Å². The largest absolute Gasteiger partial charge is 0.493 e. The van der Waals surface area contributed by atoms with Gasteiger partial charge in [-0.25, -0.2) is 4.98 Å². The van der Waals surface area contributed by atoms with Crippen molar-refractivity contribution < 1.29 is 22.6 Å². The van der Waals surface area contributed by atoms with E-state index in [1.807, 2.05) is 6.07 Å². The lowest BCUT2D eigenvalue weighted by Gasteiger charge is -2.37. The second kappa shape index (κ2) is 8.88. The minimum Gasteiger partial charge on any atom is -0.493 e. The van der Waals surface area contributed by atoms with Gasteiger partial charge in [-0.1, -0.05) is 13.0 Å². The van der Waals surface area contributed by atoms with E-state index < -0.39 is 11.7 Å². The maximum absolute atomic E-state index is 13.5. The van der Waals surface area contributed by atoms with Gasteiger partial charge < -0.3 is 25.4 Å².